The van der Waals surface area contributed by atoms with E-state index in [-0.39, 0.29) is 11.9 Å². The minimum Gasteiger partial charge on any atom is -0.457 e. The first-order chi connectivity index (χ1) is 9.99. The Bertz CT molecular complexity index is 625. The average Bonchev–Trinajstić information content (AvgIpc) is 2.44. The van der Waals surface area contributed by atoms with Crippen LogP contribution in [0.3, 0.4) is 0 Å². The molecule has 1 atom stereocenters. The lowest BCUT2D eigenvalue weighted by molar-refractivity contribution is 0.472. The molecule has 0 fully saturated rings. The van der Waals surface area contributed by atoms with Crippen LogP contribution in [0.5, 0.6) is 11.5 Å². The van der Waals surface area contributed by atoms with E-state index in [0.717, 1.165) is 29.7 Å². The molecule has 2 nitrogen and oxygen atoms in total. The Kier molecular flexibility index (Phi) is 4.97. The Hall–Kier alpha value is -1.87. The quantitative estimate of drug-likeness (QED) is 0.877. The number of benzene rings is 2. The van der Waals surface area contributed by atoms with E-state index in [4.69, 9.17) is 10.5 Å². The van der Waals surface area contributed by atoms with Gasteiger partial charge < -0.3 is 10.5 Å². The first-order valence-electron chi connectivity index (χ1n) is 7.28. The smallest absolute Gasteiger partial charge is 0.130 e. The van der Waals surface area contributed by atoms with Gasteiger partial charge in [0.25, 0.3) is 0 Å². The van der Waals surface area contributed by atoms with Gasteiger partial charge in [0.2, 0.25) is 0 Å². The molecule has 0 saturated heterocycles. The summed E-state index contributed by atoms with van der Waals surface area (Å²) < 4.78 is 19.0. The minimum absolute atomic E-state index is 0.190. The molecule has 0 aliphatic rings. The second-order valence-electron chi connectivity index (χ2n) is 5.48. The number of aryl methyl sites for hydroxylation is 2. The van der Waals surface area contributed by atoms with Gasteiger partial charge in [-0.05, 0) is 67.6 Å². The number of rotatable bonds is 5. The van der Waals surface area contributed by atoms with Crippen molar-refractivity contribution in [2.45, 2.75) is 39.7 Å². The summed E-state index contributed by atoms with van der Waals surface area (Å²) in [5.74, 6) is 1.22. The van der Waals surface area contributed by atoms with E-state index in [1.165, 1.54) is 17.7 Å². The van der Waals surface area contributed by atoms with Crippen molar-refractivity contribution in [3.8, 4) is 11.5 Å². The molecule has 0 aromatic heterocycles. The lowest BCUT2D eigenvalue weighted by Crippen LogP contribution is -2.21. The van der Waals surface area contributed by atoms with Gasteiger partial charge in [-0.25, -0.2) is 4.39 Å². The van der Waals surface area contributed by atoms with Crippen molar-refractivity contribution in [2.24, 2.45) is 5.73 Å². The second kappa shape index (κ2) is 6.72. The molecule has 2 aromatic carbocycles. The SMILES string of the molecule is CCC(N)Cc1ccc(Oc2ccc(F)cc2C)c(C)c1. The summed E-state index contributed by atoms with van der Waals surface area (Å²) in [4.78, 5) is 0. The summed E-state index contributed by atoms with van der Waals surface area (Å²) in [6.07, 6.45) is 1.83. The molecule has 0 bridgehead atoms. The van der Waals surface area contributed by atoms with Crippen molar-refractivity contribution in [1.82, 2.24) is 0 Å². The molecule has 0 aliphatic carbocycles. The molecule has 1 unspecified atom stereocenters. The van der Waals surface area contributed by atoms with Crippen LogP contribution >= 0.6 is 0 Å². The lowest BCUT2D eigenvalue weighted by atomic mass is 10.0. The van der Waals surface area contributed by atoms with Crippen molar-refractivity contribution in [1.29, 1.82) is 0 Å². The normalized spacial score (nSPS) is 12.2. The highest BCUT2D eigenvalue weighted by Gasteiger charge is 2.08. The van der Waals surface area contributed by atoms with Crippen LogP contribution in [0.2, 0.25) is 0 Å². The van der Waals surface area contributed by atoms with Crippen LogP contribution in [0.1, 0.15) is 30.0 Å². The Morgan fingerprint density at radius 2 is 1.67 bits per heavy atom. The third-order valence-electron chi connectivity index (χ3n) is 3.62. The fourth-order valence-corrected chi connectivity index (χ4v) is 2.25. The highest BCUT2D eigenvalue weighted by Crippen LogP contribution is 2.28. The maximum absolute atomic E-state index is 13.1. The van der Waals surface area contributed by atoms with Crippen molar-refractivity contribution in [2.75, 3.05) is 0 Å². The van der Waals surface area contributed by atoms with Crippen LogP contribution in [-0.4, -0.2) is 6.04 Å². The zero-order chi connectivity index (χ0) is 15.4. The Morgan fingerprint density at radius 3 is 2.24 bits per heavy atom. The van der Waals surface area contributed by atoms with Gasteiger partial charge in [-0.1, -0.05) is 19.1 Å². The van der Waals surface area contributed by atoms with E-state index in [9.17, 15) is 4.39 Å². The number of hydrogen-bond donors (Lipinski definition) is 1. The summed E-state index contributed by atoms with van der Waals surface area (Å²) in [6, 6.07) is 10.8. The Morgan fingerprint density at radius 1 is 1.05 bits per heavy atom. The topological polar surface area (TPSA) is 35.2 Å². The number of halogens is 1. The molecule has 2 N–H and O–H groups in total. The van der Waals surface area contributed by atoms with Gasteiger partial charge in [-0.2, -0.15) is 0 Å². The van der Waals surface area contributed by atoms with Crippen molar-refractivity contribution in [3.05, 3.63) is 58.9 Å². The van der Waals surface area contributed by atoms with Crippen LogP contribution in [0.25, 0.3) is 0 Å². The van der Waals surface area contributed by atoms with Gasteiger partial charge in [0.05, 0.1) is 0 Å². The molecule has 0 saturated carbocycles. The zero-order valence-corrected chi connectivity index (χ0v) is 12.8. The maximum Gasteiger partial charge on any atom is 0.130 e. The highest BCUT2D eigenvalue weighted by atomic mass is 19.1. The van der Waals surface area contributed by atoms with Gasteiger partial charge in [0, 0.05) is 6.04 Å². The van der Waals surface area contributed by atoms with E-state index in [1.807, 2.05) is 26.0 Å². The molecular weight excluding hydrogens is 265 g/mol. The third kappa shape index (κ3) is 4.05. The fourth-order valence-electron chi connectivity index (χ4n) is 2.25. The molecule has 2 aromatic rings. The highest BCUT2D eigenvalue weighted by molar-refractivity contribution is 5.42. The summed E-state index contributed by atoms with van der Waals surface area (Å²) in [5, 5.41) is 0. The number of nitrogens with two attached hydrogens (primary N) is 1. The van der Waals surface area contributed by atoms with Crippen LogP contribution in [0.4, 0.5) is 4.39 Å². The van der Waals surface area contributed by atoms with E-state index in [2.05, 4.69) is 13.0 Å². The summed E-state index contributed by atoms with van der Waals surface area (Å²) >= 11 is 0. The average molecular weight is 287 g/mol. The van der Waals surface area contributed by atoms with E-state index in [1.54, 1.807) is 6.07 Å². The summed E-state index contributed by atoms with van der Waals surface area (Å²) in [7, 11) is 0. The van der Waals surface area contributed by atoms with Crippen LogP contribution in [0, 0.1) is 19.7 Å². The lowest BCUT2D eigenvalue weighted by Gasteiger charge is -2.14. The maximum atomic E-state index is 13.1. The third-order valence-corrected chi connectivity index (χ3v) is 3.62. The number of ether oxygens (including phenoxy) is 1. The van der Waals surface area contributed by atoms with Gasteiger partial charge in [0.15, 0.2) is 0 Å². The predicted octanol–water partition coefficient (Wildman–Crippen LogP) is 4.51. The van der Waals surface area contributed by atoms with Gasteiger partial charge in [-0.15, -0.1) is 0 Å². The van der Waals surface area contributed by atoms with Crippen LogP contribution in [-0.2, 0) is 6.42 Å². The molecule has 21 heavy (non-hydrogen) atoms. The molecule has 0 amide bonds. The van der Waals surface area contributed by atoms with Crippen LogP contribution in [0.15, 0.2) is 36.4 Å². The molecule has 0 heterocycles. The van der Waals surface area contributed by atoms with Crippen molar-refractivity contribution in [3.63, 3.8) is 0 Å². The fraction of sp³-hybridized carbons (Fsp3) is 0.333. The van der Waals surface area contributed by atoms with Gasteiger partial charge >= 0.3 is 0 Å². The van der Waals surface area contributed by atoms with Crippen molar-refractivity contribution < 1.29 is 9.13 Å². The molecule has 112 valence electrons. The monoisotopic (exact) mass is 287 g/mol. The van der Waals surface area contributed by atoms with Gasteiger partial charge in [-0.3, -0.25) is 0 Å². The predicted molar refractivity (Wildman–Crippen MR) is 84.4 cm³/mol. The first kappa shape index (κ1) is 15.5. The van der Waals surface area contributed by atoms with Gasteiger partial charge in [0.1, 0.15) is 17.3 Å². The van der Waals surface area contributed by atoms with E-state index in [0.29, 0.717) is 5.75 Å². The summed E-state index contributed by atoms with van der Waals surface area (Å²) in [5.41, 5.74) is 9.04. The molecule has 0 spiro atoms. The molecule has 0 radical (unpaired) electrons. The second-order valence-corrected chi connectivity index (χ2v) is 5.48. The zero-order valence-electron chi connectivity index (χ0n) is 12.8. The largest absolute Gasteiger partial charge is 0.457 e. The standard InChI is InChI=1S/C18H22FNO/c1-4-16(20)11-14-5-7-17(12(2)9-14)21-18-8-6-15(19)10-13(18)3/h5-10,16H,4,11,20H2,1-3H3. The summed E-state index contributed by atoms with van der Waals surface area (Å²) in [6.45, 7) is 5.93. The molecule has 0 aliphatic heterocycles. The Labute approximate surface area is 125 Å². The molecular formula is C18H22FNO. The molecule has 2 rings (SSSR count). The van der Waals surface area contributed by atoms with E-state index >= 15 is 0 Å². The van der Waals surface area contributed by atoms with Crippen LogP contribution < -0.4 is 10.5 Å². The first-order valence-corrected chi connectivity index (χ1v) is 7.28. The van der Waals surface area contributed by atoms with Crippen molar-refractivity contribution >= 4 is 0 Å². The minimum atomic E-state index is -0.250. The van der Waals surface area contributed by atoms with E-state index < -0.39 is 0 Å². The molecule has 3 heteroatoms. The number of hydrogen-bond acceptors (Lipinski definition) is 2. The Balaban J connectivity index is 2.17.